The topological polar surface area (TPSA) is 40.6 Å². The molecule has 1 saturated carbocycles. The number of carbonyl (C=O) groups is 2. The normalized spacial score (nSPS) is 17.3. The van der Waals surface area contributed by atoms with Crippen molar-refractivity contribution in [2.75, 3.05) is 13.1 Å². The van der Waals surface area contributed by atoms with Crippen LogP contribution >= 0.6 is 11.3 Å². The van der Waals surface area contributed by atoms with E-state index in [9.17, 15) is 9.59 Å². The molecule has 1 aromatic heterocycles. The second kappa shape index (κ2) is 11.1. The van der Waals surface area contributed by atoms with Gasteiger partial charge >= 0.3 is 0 Å². The summed E-state index contributed by atoms with van der Waals surface area (Å²) in [6.45, 7) is 9.66. The van der Waals surface area contributed by atoms with Gasteiger partial charge in [0.2, 0.25) is 5.91 Å². The second-order valence-electron chi connectivity index (χ2n) is 11.9. The fourth-order valence-corrected chi connectivity index (χ4v) is 6.36. The highest BCUT2D eigenvalue weighted by Gasteiger charge is 2.38. The van der Waals surface area contributed by atoms with Crippen molar-refractivity contribution in [3.8, 4) is 0 Å². The van der Waals surface area contributed by atoms with Gasteiger partial charge in [0.25, 0.3) is 5.91 Å². The van der Waals surface area contributed by atoms with Crippen molar-refractivity contribution in [2.45, 2.75) is 83.7 Å². The zero-order valence-corrected chi connectivity index (χ0v) is 24.0. The molecule has 1 aliphatic carbocycles. The summed E-state index contributed by atoms with van der Waals surface area (Å²) in [5.41, 5.74) is 5.66. The first-order valence-electron chi connectivity index (χ1n) is 14.1. The number of benzene rings is 2. The number of unbranched alkanes of at least 4 members (excludes halogenated alkanes) is 1. The van der Waals surface area contributed by atoms with Crippen molar-refractivity contribution in [1.29, 1.82) is 0 Å². The van der Waals surface area contributed by atoms with Gasteiger partial charge in [-0.2, -0.15) is 0 Å². The highest BCUT2D eigenvalue weighted by atomic mass is 32.1. The smallest absolute Gasteiger partial charge is 0.254 e. The number of fused-ring (bicyclic) bond motifs is 1. The predicted octanol–water partition coefficient (Wildman–Crippen LogP) is 7.17. The van der Waals surface area contributed by atoms with E-state index in [4.69, 9.17) is 0 Å². The van der Waals surface area contributed by atoms with Gasteiger partial charge in [-0.3, -0.25) is 9.59 Å². The van der Waals surface area contributed by atoms with E-state index in [0.717, 1.165) is 44.1 Å². The van der Waals surface area contributed by atoms with E-state index < -0.39 is 0 Å². The van der Waals surface area contributed by atoms with Crippen LogP contribution in [0.2, 0.25) is 0 Å². The highest BCUT2D eigenvalue weighted by molar-refractivity contribution is 7.10. The first kappa shape index (κ1) is 26.7. The number of carbonyl (C=O) groups excluding carboxylic acids is 2. The predicted molar refractivity (Wildman–Crippen MR) is 156 cm³/mol. The lowest BCUT2D eigenvalue weighted by Gasteiger charge is -2.38. The van der Waals surface area contributed by atoms with Crippen molar-refractivity contribution in [1.82, 2.24) is 9.80 Å². The van der Waals surface area contributed by atoms with E-state index in [1.807, 2.05) is 21.9 Å². The summed E-state index contributed by atoms with van der Waals surface area (Å²) in [6.07, 6.45) is 6.15. The number of hydrogen-bond acceptors (Lipinski definition) is 3. The largest absolute Gasteiger partial charge is 0.330 e. The van der Waals surface area contributed by atoms with Gasteiger partial charge in [-0.05, 0) is 83.4 Å². The Kier molecular flexibility index (Phi) is 7.76. The molecule has 1 fully saturated rings. The van der Waals surface area contributed by atoms with Crippen LogP contribution in [0.15, 0.2) is 60.0 Å². The Morgan fingerprint density at radius 1 is 1.00 bits per heavy atom. The van der Waals surface area contributed by atoms with Crippen LogP contribution in [0.25, 0.3) is 0 Å². The average Bonchev–Trinajstić information content (AvgIpc) is 3.65. The Morgan fingerprint density at radius 2 is 1.71 bits per heavy atom. The van der Waals surface area contributed by atoms with E-state index in [2.05, 4.69) is 75.5 Å². The van der Waals surface area contributed by atoms with Gasteiger partial charge in [-0.1, -0.05) is 70.5 Å². The summed E-state index contributed by atoms with van der Waals surface area (Å²) in [4.78, 5) is 32.7. The van der Waals surface area contributed by atoms with Crippen molar-refractivity contribution in [3.63, 3.8) is 0 Å². The summed E-state index contributed by atoms with van der Waals surface area (Å²) < 4.78 is 0. The van der Waals surface area contributed by atoms with E-state index in [-0.39, 0.29) is 35.9 Å². The molecule has 200 valence electrons. The number of hydrogen-bond donors (Lipinski definition) is 0. The summed E-state index contributed by atoms with van der Waals surface area (Å²) in [7, 11) is 0. The van der Waals surface area contributed by atoms with Crippen molar-refractivity contribution in [3.05, 3.63) is 92.7 Å². The van der Waals surface area contributed by atoms with Gasteiger partial charge in [0.1, 0.15) is 6.54 Å². The SMILES string of the molecule is CCCCc1ccc(C(=O)N(CC(=O)N2CCc3sccc3C2c2ccc(C(C)(C)C)cc2)C2CC2)cc1. The van der Waals surface area contributed by atoms with Crippen LogP contribution in [0.3, 0.4) is 0 Å². The molecule has 1 atom stereocenters. The number of thiophene rings is 1. The van der Waals surface area contributed by atoms with Gasteiger partial charge in [0, 0.05) is 23.0 Å². The first-order valence-corrected chi connectivity index (χ1v) is 15.0. The van der Waals surface area contributed by atoms with Crippen molar-refractivity contribution < 1.29 is 9.59 Å². The van der Waals surface area contributed by atoms with Crippen LogP contribution in [0, 0.1) is 0 Å². The third-order valence-electron chi connectivity index (χ3n) is 7.95. The first-order chi connectivity index (χ1) is 18.3. The average molecular weight is 529 g/mol. The lowest BCUT2D eigenvalue weighted by Crippen LogP contribution is -2.47. The third-order valence-corrected chi connectivity index (χ3v) is 8.95. The maximum atomic E-state index is 13.9. The Bertz CT molecular complexity index is 1270. The zero-order valence-electron chi connectivity index (χ0n) is 23.2. The molecule has 2 aromatic carbocycles. The highest BCUT2D eigenvalue weighted by Crippen LogP contribution is 2.39. The third kappa shape index (κ3) is 5.73. The summed E-state index contributed by atoms with van der Waals surface area (Å²) in [5, 5.41) is 2.14. The molecule has 0 radical (unpaired) electrons. The maximum absolute atomic E-state index is 13.9. The van der Waals surface area contributed by atoms with E-state index >= 15 is 0 Å². The van der Waals surface area contributed by atoms with E-state index in [1.165, 1.54) is 21.6 Å². The monoisotopic (exact) mass is 528 g/mol. The minimum atomic E-state index is -0.111. The number of amides is 2. The molecule has 0 saturated heterocycles. The Morgan fingerprint density at radius 3 is 2.34 bits per heavy atom. The molecule has 5 heteroatoms. The molecule has 2 heterocycles. The molecule has 0 N–H and O–H groups in total. The zero-order chi connectivity index (χ0) is 26.9. The van der Waals surface area contributed by atoms with E-state index in [0.29, 0.717) is 12.1 Å². The minimum Gasteiger partial charge on any atom is -0.330 e. The number of nitrogens with zero attached hydrogens (tertiary/aromatic N) is 2. The lowest BCUT2D eigenvalue weighted by atomic mass is 9.85. The molecular weight excluding hydrogens is 488 g/mol. The van der Waals surface area contributed by atoms with E-state index in [1.54, 1.807) is 11.3 Å². The van der Waals surface area contributed by atoms with Crippen LogP contribution in [0.1, 0.15) is 96.9 Å². The van der Waals surface area contributed by atoms with Crippen molar-refractivity contribution >= 4 is 23.2 Å². The number of aryl methyl sites for hydroxylation is 1. The molecule has 0 bridgehead atoms. The van der Waals surface area contributed by atoms with Gasteiger partial charge in [-0.25, -0.2) is 0 Å². The lowest BCUT2D eigenvalue weighted by molar-refractivity contribution is -0.134. The second-order valence-corrected chi connectivity index (χ2v) is 12.9. The molecule has 1 unspecified atom stereocenters. The molecule has 1 aliphatic heterocycles. The van der Waals surface area contributed by atoms with Gasteiger partial charge in [-0.15, -0.1) is 11.3 Å². The maximum Gasteiger partial charge on any atom is 0.254 e. The fraction of sp³-hybridized carbons (Fsp3) is 0.455. The van der Waals surface area contributed by atoms with Crippen LogP contribution in [0.5, 0.6) is 0 Å². The Labute approximate surface area is 231 Å². The standard InChI is InChI=1S/C33H40N2O2S/c1-5-6-7-23-8-10-25(11-9-23)32(37)35(27-16-17-27)22-30(36)34-20-18-29-28(19-21-38-29)31(34)24-12-14-26(15-13-24)33(2,3)4/h8-15,19,21,27,31H,5-7,16-18,20,22H2,1-4H3. The van der Waals surface area contributed by atoms with Gasteiger partial charge in [0.05, 0.1) is 6.04 Å². The van der Waals surface area contributed by atoms with Crippen LogP contribution in [-0.4, -0.2) is 40.7 Å². The number of rotatable bonds is 8. The molecule has 38 heavy (non-hydrogen) atoms. The van der Waals surface area contributed by atoms with Crippen molar-refractivity contribution in [2.24, 2.45) is 0 Å². The molecule has 5 rings (SSSR count). The molecule has 0 spiro atoms. The van der Waals surface area contributed by atoms with Crippen LogP contribution < -0.4 is 0 Å². The Hall–Kier alpha value is -2.92. The Balaban J connectivity index is 1.37. The fourth-order valence-electron chi connectivity index (χ4n) is 5.46. The summed E-state index contributed by atoms with van der Waals surface area (Å²) >= 11 is 1.78. The summed E-state index contributed by atoms with van der Waals surface area (Å²) in [6, 6.07) is 19.0. The van der Waals surface area contributed by atoms with Gasteiger partial charge in [0.15, 0.2) is 0 Å². The molecular formula is C33H40N2O2S. The van der Waals surface area contributed by atoms with Gasteiger partial charge < -0.3 is 9.80 Å². The quantitative estimate of drug-likeness (QED) is 0.311. The van der Waals surface area contributed by atoms with Crippen LogP contribution in [-0.2, 0) is 23.1 Å². The van der Waals surface area contributed by atoms with Crippen LogP contribution in [0.4, 0.5) is 0 Å². The minimum absolute atomic E-state index is 0.0257. The molecule has 2 aliphatic rings. The molecule has 2 amide bonds. The summed E-state index contributed by atoms with van der Waals surface area (Å²) in [5.74, 6) is 0.00812. The molecule has 4 nitrogen and oxygen atoms in total. The molecule has 3 aromatic rings.